The molecule has 0 aliphatic heterocycles. The predicted octanol–water partition coefficient (Wildman–Crippen LogP) is 2.94. The number of amides is 2. The highest BCUT2D eigenvalue weighted by atomic mass is 16.2. The molecule has 0 saturated heterocycles. The molecule has 1 aromatic rings. The van der Waals surface area contributed by atoms with Gasteiger partial charge < -0.3 is 10.6 Å². The van der Waals surface area contributed by atoms with Gasteiger partial charge in [-0.15, -0.1) is 0 Å². The summed E-state index contributed by atoms with van der Waals surface area (Å²) in [6.45, 7) is 8.51. The molecule has 0 heterocycles. The second kappa shape index (κ2) is 8.57. The number of carbonyl (C=O) groups is 2. The fourth-order valence-electron chi connectivity index (χ4n) is 2.13. The second-order valence-corrected chi connectivity index (χ2v) is 6.26. The summed E-state index contributed by atoms with van der Waals surface area (Å²) < 4.78 is 0. The molecule has 0 atom stereocenters. The van der Waals surface area contributed by atoms with Crippen molar-refractivity contribution in [3.05, 3.63) is 35.4 Å². The van der Waals surface area contributed by atoms with Gasteiger partial charge in [-0.1, -0.05) is 49.6 Å². The third-order valence-electron chi connectivity index (χ3n) is 3.74. The number of unbranched alkanes of at least 4 members (excludes halogenated alkanes) is 2. The molecule has 1 rings (SSSR count). The van der Waals surface area contributed by atoms with Crippen LogP contribution in [0.25, 0.3) is 0 Å². The Morgan fingerprint density at radius 3 is 2.41 bits per heavy atom. The van der Waals surface area contributed by atoms with Crippen LogP contribution >= 0.6 is 0 Å². The number of rotatable bonds is 8. The van der Waals surface area contributed by atoms with Crippen molar-refractivity contribution < 1.29 is 9.59 Å². The molecule has 22 heavy (non-hydrogen) atoms. The monoisotopic (exact) mass is 304 g/mol. The molecule has 0 bridgehead atoms. The van der Waals surface area contributed by atoms with Crippen LogP contribution in [0.15, 0.2) is 24.3 Å². The molecular formula is C18H28N2O2. The van der Waals surface area contributed by atoms with E-state index in [0.29, 0.717) is 13.1 Å². The van der Waals surface area contributed by atoms with Gasteiger partial charge >= 0.3 is 0 Å². The molecule has 122 valence electrons. The number of aryl methyl sites for hydroxylation is 1. The van der Waals surface area contributed by atoms with Crippen molar-refractivity contribution in [2.45, 2.75) is 53.5 Å². The molecule has 0 unspecified atom stereocenters. The topological polar surface area (TPSA) is 58.2 Å². The molecule has 0 fully saturated rings. The third kappa shape index (κ3) is 5.51. The Bertz CT molecular complexity index is 510. The zero-order valence-electron chi connectivity index (χ0n) is 14.2. The van der Waals surface area contributed by atoms with Crippen molar-refractivity contribution in [2.24, 2.45) is 5.41 Å². The van der Waals surface area contributed by atoms with Gasteiger partial charge in [0.25, 0.3) is 0 Å². The maximum atomic E-state index is 12.3. The van der Waals surface area contributed by atoms with E-state index in [0.717, 1.165) is 30.4 Å². The summed E-state index contributed by atoms with van der Waals surface area (Å²) in [6.07, 6.45) is 3.14. The predicted molar refractivity (Wildman–Crippen MR) is 89.3 cm³/mol. The first-order chi connectivity index (χ1) is 10.4. The van der Waals surface area contributed by atoms with E-state index < -0.39 is 5.41 Å². The second-order valence-electron chi connectivity index (χ2n) is 6.26. The summed E-state index contributed by atoms with van der Waals surface area (Å²) in [5.74, 6) is -0.465. The van der Waals surface area contributed by atoms with Crippen molar-refractivity contribution in [2.75, 3.05) is 6.54 Å². The van der Waals surface area contributed by atoms with Crippen molar-refractivity contribution in [1.82, 2.24) is 10.6 Å². The number of benzene rings is 1. The van der Waals surface area contributed by atoms with Gasteiger partial charge in [0.1, 0.15) is 5.41 Å². The lowest BCUT2D eigenvalue weighted by Crippen LogP contribution is -2.47. The summed E-state index contributed by atoms with van der Waals surface area (Å²) in [7, 11) is 0. The third-order valence-corrected chi connectivity index (χ3v) is 3.74. The van der Waals surface area contributed by atoms with Gasteiger partial charge in [-0.05, 0) is 32.8 Å². The Morgan fingerprint density at radius 2 is 1.77 bits per heavy atom. The van der Waals surface area contributed by atoms with E-state index in [1.807, 2.05) is 31.2 Å². The maximum Gasteiger partial charge on any atom is 0.235 e. The highest BCUT2D eigenvalue weighted by Crippen LogP contribution is 2.16. The van der Waals surface area contributed by atoms with Crippen LogP contribution in [0.1, 0.15) is 51.2 Å². The molecule has 1 aromatic carbocycles. The van der Waals surface area contributed by atoms with E-state index in [4.69, 9.17) is 0 Å². The first-order valence-electron chi connectivity index (χ1n) is 8.00. The lowest BCUT2D eigenvalue weighted by atomic mass is 9.91. The highest BCUT2D eigenvalue weighted by Gasteiger charge is 2.35. The van der Waals surface area contributed by atoms with E-state index in [1.165, 1.54) is 0 Å². The molecule has 0 aromatic heterocycles. The number of nitrogens with one attached hydrogen (secondary N) is 2. The minimum absolute atomic E-state index is 0.217. The van der Waals surface area contributed by atoms with Crippen molar-refractivity contribution >= 4 is 11.8 Å². The molecule has 2 amide bonds. The van der Waals surface area contributed by atoms with Crippen molar-refractivity contribution in [3.63, 3.8) is 0 Å². The minimum atomic E-state index is -1.06. The Kier molecular flexibility index (Phi) is 7.09. The first-order valence-corrected chi connectivity index (χ1v) is 8.00. The average Bonchev–Trinajstić information content (AvgIpc) is 2.48. The summed E-state index contributed by atoms with van der Waals surface area (Å²) in [5.41, 5.74) is 1.13. The van der Waals surface area contributed by atoms with Crippen LogP contribution < -0.4 is 10.6 Å². The van der Waals surface area contributed by atoms with Crippen LogP contribution in [0.3, 0.4) is 0 Å². The summed E-state index contributed by atoms with van der Waals surface area (Å²) in [6, 6.07) is 7.96. The van der Waals surface area contributed by atoms with E-state index in [9.17, 15) is 9.59 Å². The molecular weight excluding hydrogens is 276 g/mol. The zero-order valence-corrected chi connectivity index (χ0v) is 14.2. The average molecular weight is 304 g/mol. The van der Waals surface area contributed by atoms with Crippen molar-refractivity contribution in [1.29, 1.82) is 0 Å². The lowest BCUT2D eigenvalue weighted by Gasteiger charge is -2.22. The standard InChI is InChI=1S/C18H28N2O2/c1-5-6-7-11-19-16(21)18(3,4)17(22)20-13-15-10-8-9-14(2)12-15/h8-10,12H,5-7,11,13H2,1-4H3,(H,19,21)(H,20,22). The van der Waals surface area contributed by atoms with Gasteiger partial charge in [0, 0.05) is 13.1 Å². The minimum Gasteiger partial charge on any atom is -0.355 e. The summed E-state index contributed by atoms with van der Waals surface area (Å²) in [4.78, 5) is 24.4. The largest absolute Gasteiger partial charge is 0.355 e. The molecule has 0 radical (unpaired) electrons. The Hall–Kier alpha value is -1.84. The maximum absolute atomic E-state index is 12.3. The molecule has 4 nitrogen and oxygen atoms in total. The van der Waals surface area contributed by atoms with Gasteiger partial charge in [0.15, 0.2) is 0 Å². The van der Waals surface area contributed by atoms with E-state index in [-0.39, 0.29) is 11.8 Å². The van der Waals surface area contributed by atoms with Gasteiger partial charge in [0.05, 0.1) is 0 Å². The van der Waals surface area contributed by atoms with E-state index >= 15 is 0 Å². The van der Waals surface area contributed by atoms with Crippen molar-refractivity contribution in [3.8, 4) is 0 Å². The van der Waals surface area contributed by atoms with Gasteiger partial charge in [0.2, 0.25) is 11.8 Å². The molecule has 0 spiro atoms. The lowest BCUT2D eigenvalue weighted by molar-refractivity contribution is -0.141. The highest BCUT2D eigenvalue weighted by molar-refractivity contribution is 6.04. The van der Waals surface area contributed by atoms with Crippen LogP contribution in [0.4, 0.5) is 0 Å². The van der Waals surface area contributed by atoms with E-state index in [1.54, 1.807) is 13.8 Å². The molecule has 2 N–H and O–H groups in total. The van der Waals surface area contributed by atoms with Crippen LogP contribution in [-0.4, -0.2) is 18.4 Å². The van der Waals surface area contributed by atoms with Crippen LogP contribution in [0.5, 0.6) is 0 Å². The Morgan fingerprint density at radius 1 is 1.09 bits per heavy atom. The fraction of sp³-hybridized carbons (Fsp3) is 0.556. The van der Waals surface area contributed by atoms with Gasteiger partial charge in [-0.2, -0.15) is 0 Å². The number of carbonyl (C=O) groups excluding carboxylic acids is 2. The van der Waals surface area contributed by atoms with Gasteiger partial charge in [-0.3, -0.25) is 9.59 Å². The smallest absolute Gasteiger partial charge is 0.235 e. The van der Waals surface area contributed by atoms with Crippen LogP contribution in [0, 0.1) is 12.3 Å². The normalized spacial score (nSPS) is 11.1. The number of hydrogen-bond acceptors (Lipinski definition) is 2. The number of hydrogen-bond donors (Lipinski definition) is 2. The van der Waals surface area contributed by atoms with Gasteiger partial charge in [-0.25, -0.2) is 0 Å². The fourth-order valence-corrected chi connectivity index (χ4v) is 2.13. The molecule has 0 saturated carbocycles. The van der Waals surface area contributed by atoms with Crippen LogP contribution in [-0.2, 0) is 16.1 Å². The quantitative estimate of drug-likeness (QED) is 0.573. The van der Waals surface area contributed by atoms with E-state index in [2.05, 4.69) is 17.6 Å². The molecule has 4 heteroatoms. The first kappa shape index (κ1) is 18.2. The SMILES string of the molecule is CCCCCNC(=O)C(C)(C)C(=O)NCc1cccc(C)c1. The molecule has 0 aliphatic rings. The van der Waals surface area contributed by atoms with Crippen LogP contribution in [0.2, 0.25) is 0 Å². The zero-order chi connectivity index (χ0) is 16.6. The Labute approximate surface area is 133 Å². The Balaban J connectivity index is 2.49. The molecule has 0 aliphatic carbocycles. The summed E-state index contributed by atoms with van der Waals surface area (Å²) >= 11 is 0. The summed E-state index contributed by atoms with van der Waals surface area (Å²) in [5, 5.41) is 5.70.